The summed E-state index contributed by atoms with van der Waals surface area (Å²) in [7, 11) is 0. The summed E-state index contributed by atoms with van der Waals surface area (Å²) in [4.78, 5) is 12.1. The lowest BCUT2D eigenvalue weighted by atomic mass is 9.99. The van der Waals surface area contributed by atoms with Gasteiger partial charge in [-0.1, -0.05) is 49.1 Å². The van der Waals surface area contributed by atoms with Crippen molar-refractivity contribution in [3.63, 3.8) is 0 Å². The van der Waals surface area contributed by atoms with Crippen LogP contribution in [0.3, 0.4) is 0 Å². The molecule has 1 amide bonds. The number of benzene rings is 1. The highest BCUT2D eigenvalue weighted by Crippen LogP contribution is 2.26. The molecule has 8 heteroatoms. The van der Waals surface area contributed by atoms with Crippen LogP contribution in [0, 0.1) is 0 Å². The lowest BCUT2D eigenvalue weighted by Gasteiger charge is -2.10. The number of thioether (sulfide) groups is 1. The summed E-state index contributed by atoms with van der Waals surface area (Å²) in [6.07, 6.45) is 2.73. The average molecular weight is 403 g/mol. The van der Waals surface area contributed by atoms with E-state index in [0.717, 1.165) is 22.2 Å². The molecule has 0 unspecified atom stereocenters. The molecule has 2 N–H and O–H groups in total. The maximum absolute atomic E-state index is 12.1. The second kappa shape index (κ2) is 9.57. The highest BCUT2D eigenvalue weighted by Gasteiger charge is 2.09. The van der Waals surface area contributed by atoms with Gasteiger partial charge < -0.3 is 15.1 Å². The predicted molar refractivity (Wildman–Crippen MR) is 110 cm³/mol. The van der Waals surface area contributed by atoms with Crippen LogP contribution in [0.1, 0.15) is 37.5 Å². The van der Waals surface area contributed by atoms with Crippen molar-refractivity contribution in [2.45, 2.75) is 37.1 Å². The highest BCUT2D eigenvalue weighted by molar-refractivity contribution is 8.01. The molecule has 0 aliphatic heterocycles. The number of carbonyl (C=O) groups excluding carboxylic acids is 1. The fourth-order valence-electron chi connectivity index (χ4n) is 2.37. The number of nitrogens with zero attached hydrogens (tertiary/aromatic N) is 2. The fraction of sp³-hybridized carbons (Fsp3) is 0.316. The van der Waals surface area contributed by atoms with Crippen LogP contribution in [0.25, 0.3) is 0 Å². The van der Waals surface area contributed by atoms with Crippen molar-refractivity contribution in [2.24, 2.45) is 0 Å². The Hall–Kier alpha value is -2.32. The van der Waals surface area contributed by atoms with E-state index in [4.69, 9.17) is 4.42 Å². The summed E-state index contributed by atoms with van der Waals surface area (Å²) in [6, 6.07) is 11.8. The predicted octanol–water partition coefficient (Wildman–Crippen LogP) is 4.99. The van der Waals surface area contributed by atoms with Crippen molar-refractivity contribution >= 4 is 39.8 Å². The maximum atomic E-state index is 12.1. The number of hydrogen-bond donors (Lipinski definition) is 2. The molecule has 0 spiro atoms. The Kier molecular flexibility index (Phi) is 6.89. The molecule has 3 rings (SSSR count). The molecule has 3 aromatic rings. The third kappa shape index (κ3) is 5.83. The topological polar surface area (TPSA) is 80.0 Å². The van der Waals surface area contributed by atoms with Crippen LogP contribution in [-0.4, -0.2) is 21.9 Å². The molecule has 0 saturated carbocycles. The minimum Gasteiger partial charge on any atom is -0.467 e. The first kappa shape index (κ1) is 19.4. The number of aromatic nitrogens is 2. The van der Waals surface area contributed by atoms with Gasteiger partial charge in [0.25, 0.3) is 0 Å². The molecule has 0 radical (unpaired) electrons. The SMILES string of the molecule is CC[C@@H](C)c1ccc(NC(=O)CSc2nnc(NCc3ccco3)s2)cc1. The van der Waals surface area contributed by atoms with Gasteiger partial charge in [0.15, 0.2) is 4.34 Å². The van der Waals surface area contributed by atoms with Crippen molar-refractivity contribution in [3.05, 3.63) is 54.0 Å². The number of carbonyl (C=O) groups is 1. The van der Waals surface area contributed by atoms with E-state index in [0.29, 0.717) is 23.3 Å². The van der Waals surface area contributed by atoms with Crippen LogP contribution in [0.5, 0.6) is 0 Å². The number of amides is 1. The lowest BCUT2D eigenvalue weighted by molar-refractivity contribution is -0.113. The minimum atomic E-state index is -0.0587. The van der Waals surface area contributed by atoms with Gasteiger partial charge in [0, 0.05) is 5.69 Å². The lowest BCUT2D eigenvalue weighted by Crippen LogP contribution is -2.13. The molecule has 142 valence electrons. The van der Waals surface area contributed by atoms with E-state index in [-0.39, 0.29) is 5.91 Å². The van der Waals surface area contributed by atoms with Crippen LogP contribution in [-0.2, 0) is 11.3 Å². The van der Waals surface area contributed by atoms with Crippen molar-refractivity contribution < 1.29 is 9.21 Å². The van der Waals surface area contributed by atoms with E-state index in [1.165, 1.54) is 28.7 Å². The number of furan rings is 1. The first-order valence-corrected chi connectivity index (χ1v) is 10.6. The summed E-state index contributed by atoms with van der Waals surface area (Å²) < 4.78 is 6.01. The van der Waals surface area contributed by atoms with Gasteiger partial charge in [-0.05, 0) is 42.2 Å². The van der Waals surface area contributed by atoms with Crippen molar-refractivity contribution in [1.82, 2.24) is 10.2 Å². The minimum absolute atomic E-state index is 0.0587. The number of anilines is 2. The Morgan fingerprint density at radius 1 is 1.26 bits per heavy atom. The molecule has 27 heavy (non-hydrogen) atoms. The van der Waals surface area contributed by atoms with E-state index in [2.05, 4.69) is 46.8 Å². The standard InChI is InChI=1S/C19H22N4O2S2/c1-3-13(2)14-6-8-15(9-7-14)21-17(24)12-26-19-23-22-18(27-19)20-11-16-5-4-10-25-16/h4-10,13H,3,11-12H2,1-2H3,(H,20,22)(H,21,24)/t13-/m1/s1. The normalized spacial score (nSPS) is 11.9. The molecule has 2 aromatic heterocycles. The van der Waals surface area contributed by atoms with Crippen LogP contribution in [0.15, 0.2) is 51.4 Å². The van der Waals surface area contributed by atoms with Crippen molar-refractivity contribution in [1.29, 1.82) is 0 Å². The van der Waals surface area contributed by atoms with Crippen molar-refractivity contribution in [2.75, 3.05) is 16.4 Å². The third-order valence-corrected chi connectivity index (χ3v) is 6.12. The summed E-state index contributed by atoms with van der Waals surface area (Å²) in [5.74, 6) is 1.59. The van der Waals surface area contributed by atoms with Crippen LogP contribution in [0.2, 0.25) is 0 Å². The van der Waals surface area contributed by atoms with E-state index < -0.39 is 0 Å². The van der Waals surface area contributed by atoms with E-state index in [1.807, 2.05) is 24.3 Å². The first-order chi connectivity index (χ1) is 13.1. The van der Waals surface area contributed by atoms with Crippen molar-refractivity contribution in [3.8, 4) is 0 Å². The molecule has 6 nitrogen and oxygen atoms in total. The zero-order chi connectivity index (χ0) is 19.1. The smallest absolute Gasteiger partial charge is 0.234 e. The number of hydrogen-bond acceptors (Lipinski definition) is 7. The first-order valence-electron chi connectivity index (χ1n) is 8.76. The zero-order valence-corrected chi connectivity index (χ0v) is 16.9. The summed E-state index contributed by atoms with van der Waals surface area (Å²) >= 11 is 2.79. The highest BCUT2D eigenvalue weighted by atomic mass is 32.2. The molecule has 0 saturated heterocycles. The Bertz CT molecular complexity index is 847. The third-order valence-electron chi connectivity index (χ3n) is 4.10. The van der Waals surface area contributed by atoms with Gasteiger partial charge in [0.1, 0.15) is 5.76 Å². The molecule has 2 heterocycles. The van der Waals surface area contributed by atoms with Gasteiger partial charge in [-0.15, -0.1) is 10.2 Å². The van der Waals surface area contributed by atoms with Crippen LogP contribution < -0.4 is 10.6 Å². The molecule has 0 fully saturated rings. The van der Waals surface area contributed by atoms with E-state index in [1.54, 1.807) is 6.26 Å². The second-order valence-corrected chi connectivity index (χ2v) is 8.27. The van der Waals surface area contributed by atoms with Gasteiger partial charge in [0.2, 0.25) is 11.0 Å². The maximum Gasteiger partial charge on any atom is 0.234 e. The fourth-order valence-corrected chi connectivity index (χ4v) is 3.92. The van der Waals surface area contributed by atoms with E-state index in [9.17, 15) is 4.79 Å². The summed E-state index contributed by atoms with van der Waals surface area (Å²) in [5.41, 5.74) is 2.10. The quantitative estimate of drug-likeness (QED) is 0.491. The second-order valence-electron chi connectivity index (χ2n) is 6.07. The average Bonchev–Trinajstić information content (AvgIpc) is 3.36. The zero-order valence-electron chi connectivity index (χ0n) is 15.3. The van der Waals surface area contributed by atoms with E-state index >= 15 is 0 Å². The van der Waals surface area contributed by atoms with Gasteiger partial charge in [-0.25, -0.2) is 0 Å². The molecule has 1 atom stereocenters. The molecule has 0 aliphatic carbocycles. The molecule has 1 aromatic carbocycles. The van der Waals surface area contributed by atoms with Crippen LogP contribution in [0.4, 0.5) is 10.8 Å². The largest absolute Gasteiger partial charge is 0.467 e. The molecule has 0 bridgehead atoms. The number of nitrogens with one attached hydrogen (secondary N) is 2. The van der Waals surface area contributed by atoms with Gasteiger partial charge >= 0.3 is 0 Å². The molecule has 0 aliphatic rings. The Balaban J connectivity index is 1.43. The van der Waals surface area contributed by atoms with Crippen LogP contribution >= 0.6 is 23.1 Å². The molecular formula is C19H22N4O2S2. The Labute approximate surface area is 166 Å². The molecular weight excluding hydrogens is 380 g/mol. The monoisotopic (exact) mass is 402 g/mol. The summed E-state index contributed by atoms with van der Waals surface area (Å²) in [5, 5.41) is 14.9. The van der Waals surface area contributed by atoms with Gasteiger partial charge in [-0.3, -0.25) is 4.79 Å². The summed E-state index contributed by atoms with van der Waals surface area (Å²) in [6.45, 7) is 4.92. The number of rotatable bonds is 9. The van der Waals surface area contributed by atoms with Gasteiger partial charge in [0.05, 0.1) is 18.6 Å². The Morgan fingerprint density at radius 3 is 2.78 bits per heavy atom. The van der Waals surface area contributed by atoms with Gasteiger partial charge in [-0.2, -0.15) is 0 Å². The Morgan fingerprint density at radius 2 is 2.07 bits per heavy atom.